The molecular weight excluding hydrogens is 311 g/mol. The van der Waals surface area contributed by atoms with Gasteiger partial charge in [0, 0.05) is 5.39 Å². The maximum Gasteiger partial charge on any atom is 1.00 e. The Balaban J connectivity index is 0.00000220. The van der Waals surface area contributed by atoms with E-state index in [1.165, 1.54) is 12.1 Å². The van der Waals surface area contributed by atoms with Gasteiger partial charge in [0.15, 0.2) is 0 Å². The number of aromatic carboxylic acids is 2. The van der Waals surface area contributed by atoms with Gasteiger partial charge in [-0.25, -0.2) is 18.0 Å². The third-order valence-corrected chi connectivity index (χ3v) is 3.56. The summed E-state index contributed by atoms with van der Waals surface area (Å²) in [4.78, 5) is 21.0. The molecule has 21 heavy (non-hydrogen) atoms. The van der Waals surface area contributed by atoms with Crippen LogP contribution in [-0.2, 0) is 10.1 Å². The number of hydrogen-bond acceptors (Lipinski definition) is 5. The summed E-state index contributed by atoms with van der Waals surface area (Å²) in [6.07, 6.45) is 0. The third-order valence-electron chi connectivity index (χ3n) is 2.68. The monoisotopic (exact) mass is 318 g/mol. The maximum absolute atomic E-state index is 11.2. The van der Waals surface area contributed by atoms with Crippen LogP contribution in [0, 0.1) is 0 Å². The van der Waals surface area contributed by atoms with E-state index in [0.29, 0.717) is 0 Å². The van der Waals surface area contributed by atoms with Crippen LogP contribution in [0.25, 0.3) is 10.8 Å². The van der Waals surface area contributed by atoms with Gasteiger partial charge < -0.3 is 14.8 Å². The van der Waals surface area contributed by atoms with Crippen LogP contribution in [0.5, 0.6) is 0 Å². The van der Waals surface area contributed by atoms with Crippen LogP contribution in [0.15, 0.2) is 35.2 Å². The van der Waals surface area contributed by atoms with Crippen molar-refractivity contribution in [3.05, 3.63) is 41.5 Å². The van der Waals surface area contributed by atoms with Gasteiger partial charge in [-0.3, -0.25) is 0 Å². The Kier molecular flexibility index (Phi) is 5.13. The summed E-state index contributed by atoms with van der Waals surface area (Å²) >= 11 is 0. The Hall–Kier alpha value is -1.45. The van der Waals surface area contributed by atoms with Gasteiger partial charge in [0.25, 0.3) is 0 Å². The van der Waals surface area contributed by atoms with Crippen LogP contribution in [0.2, 0.25) is 0 Å². The average Bonchev–Trinajstić information content (AvgIpc) is 2.35. The summed E-state index contributed by atoms with van der Waals surface area (Å²) in [6.45, 7) is 0. The topological polar surface area (TPSA) is 132 Å². The second-order valence-electron chi connectivity index (χ2n) is 3.97. The summed E-state index contributed by atoms with van der Waals surface area (Å²) in [7, 11) is -4.93. The van der Waals surface area contributed by atoms with Gasteiger partial charge in [0.2, 0.25) is 0 Å². The van der Waals surface area contributed by atoms with Crippen molar-refractivity contribution in [1.82, 2.24) is 0 Å². The van der Waals surface area contributed by atoms with Crippen molar-refractivity contribution in [3.8, 4) is 0 Å². The number of carboxylic acid groups (broad SMARTS) is 2. The Morgan fingerprint density at radius 1 is 0.952 bits per heavy atom. The summed E-state index contributed by atoms with van der Waals surface area (Å²) in [5.41, 5.74) is -0.569. The largest absolute Gasteiger partial charge is 1.00 e. The molecule has 0 unspecified atom stereocenters. The predicted molar refractivity (Wildman–Crippen MR) is 65.8 cm³/mol. The molecule has 0 aliphatic rings. The molecule has 0 heterocycles. The first-order valence-electron chi connectivity index (χ1n) is 5.20. The predicted octanol–water partition coefficient (Wildman–Crippen LogP) is -1.86. The molecule has 0 saturated carbocycles. The zero-order valence-electron chi connectivity index (χ0n) is 10.7. The van der Waals surface area contributed by atoms with E-state index in [9.17, 15) is 22.6 Å². The third kappa shape index (κ3) is 3.60. The molecule has 0 bridgehead atoms. The molecule has 0 saturated heterocycles. The van der Waals surface area contributed by atoms with E-state index in [1.54, 1.807) is 0 Å². The fourth-order valence-corrected chi connectivity index (χ4v) is 2.50. The molecule has 0 radical (unpaired) electrons. The minimum atomic E-state index is -4.93. The Morgan fingerprint density at radius 2 is 1.52 bits per heavy atom. The summed E-state index contributed by atoms with van der Waals surface area (Å²) < 4.78 is 33.6. The molecule has 7 nitrogen and oxygen atoms in total. The van der Waals surface area contributed by atoms with Crippen molar-refractivity contribution >= 4 is 32.8 Å². The summed E-state index contributed by atoms with van der Waals surface area (Å²) in [6, 6.07) is 5.35. The molecule has 0 atom stereocenters. The summed E-state index contributed by atoms with van der Waals surface area (Å²) in [5.74, 6) is -2.68. The van der Waals surface area contributed by atoms with Crippen molar-refractivity contribution in [1.29, 1.82) is 0 Å². The second kappa shape index (κ2) is 6.12. The molecular formula is C12H7NaO7S. The van der Waals surface area contributed by atoms with Crippen molar-refractivity contribution in [2.24, 2.45) is 0 Å². The van der Waals surface area contributed by atoms with E-state index in [-0.39, 0.29) is 51.5 Å². The second-order valence-corrected chi connectivity index (χ2v) is 5.32. The van der Waals surface area contributed by atoms with Crippen molar-refractivity contribution in [2.45, 2.75) is 4.90 Å². The molecule has 0 fully saturated rings. The van der Waals surface area contributed by atoms with Gasteiger partial charge in [0.05, 0.1) is 16.0 Å². The Morgan fingerprint density at radius 3 is 2.00 bits per heavy atom. The Bertz CT molecular complexity index is 842. The van der Waals surface area contributed by atoms with Gasteiger partial charge >= 0.3 is 41.5 Å². The zero-order chi connectivity index (χ0) is 15.1. The van der Waals surface area contributed by atoms with E-state index in [4.69, 9.17) is 10.2 Å². The number of hydrogen-bond donors (Lipinski definition) is 2. The number of carboxylic acids is 2. The molecule has 104 valence electrons. The van der Waals surface area contributed by atoms with Crippen LogP contribution in [-0.4, -0.2) is 35.1 Å². The molecule has 0 aliphatic heterocycles. The molecule has 0 aromatic heterocycles. The Labute approximate surface area is 141 Å². The standard InChI is InChI=1S/C12H8O7S.Na/c13-11(14)7-2-1-6-3-8(12(15)16)5-10(9(6)4-7)20(17,18)19;/h1-5H,(H,13,14)(H,15,16)(H,17,18,19);/q;+1/p-1. The van der Waals surface area contributed by atoms with Gasteiger partial charge in [-0.1, -0.05) is 6.07 Å². The van der Waals surface area contributed by atoms with E-state index in [1.807, 2.05) is 0 Å². The molecule has 0 spiro atoms. The fourth-order valence-electron chi connectivity index (χ4n) is 1.79. The smallest absolute Gasteiger partial charge is 0.744 e. The van der Waals surface area contributed by atoms with Crippen LogP contribution in [0.3, 0.4) is 0 Å². The summed E-state index contributed by atoms with van der Waals surface area (Å²) in [5, 5.41) is 17.8. The van der Waals surface area contributed by atoms with Crippen LogP contribution < -0.4 is 29.6 Å². The molecule has 0 aliphatic carbocycles. The molecule has 2 aromatic rings. The quantitative estimate of drug-likeness (QED) is 0.501. The minimum absolute atomic E-state index is 0. The van der Waals surface area contributed by atoms with E-state index in [2.05, 4.69) is 0 Å². The number of rotatable bonds is 3. The fraction of sp³-hybridized carbons (Fsp3) is 0. The van der Waals surface area contributed by atoms with Gasteiger partial charge in [-0.15, -0.1) is 0 Å². The number of benzene rings is 2. The first kappa shape index (κ1) is 17.6. The molecule has 2 N–H and O–H groups in total. The first-order chi connectivity index (χ1) is 9.20. The maximum atomic E-state index is 11.2. The average molecular weight is 318 g/mol. The van der Waals surface area contributed by atoms with Crippen molar-refractivity contribution < 1.29 is 62.3 Å². The molecule has 2 rings (SSSR count). The zero-order valence-corrected chi connectivity index (χ0v) is 13.5. The minimum Gasteiger partial charge on any atom is -0.744 e. The van der Waals surface area contributed by atoms with Crippen LogP contribution >= 0.6 is 0 Å². The number of fused-ring (bicyclic) bond motifs is 1. The molecule has 0 amide bonds. The normalized spacial score (nSPS) is 10.9. The van der Waals surface area contributed by atoms with E-state index >= 15 is 0 Å². The van der Waals surface area contributed by atoms with Crippen molar-refractivity contribution in [3.63, 3.8) is 0 Å². The van der Waals surface area contributed by atoms with Crippen LogP contribution in [0.4, 0.5) is 0 Å². The SMILES string of the molecule is O=C(O)c1cc(S(=O)(=O)[O-])c2cc(C(=O)O)ccc2c1.[Na+]. The van der Waals surface area contributed by atoms with Crippen molar-refractivity contribution in [2.75, 3.05) is 0 Å². The van der Waals surface area contributed by atoms with Gasteiger partial charge in [-0.05, 0) is 29.7 Å². The number of carbonyl (C=O) groups is 2. The van der Waals surface area contributed by atoms with E-state index < -0.39 is 27.0 Å². The van der Waals surface area contributed by atoms with Crippen LogP contribution in [0.1, 0.15) is 20.7 Å². The van der Waals surface area contributed by atoms with E-state index in [0.717, 1.165) is 18.2 Å². The van der Waals surface area contributed by atoms with Gasteiger partial charge in [0.1, 0.15) is 10.1 Å². The van der Waals surface area contributed by atoms with Gasteiger partial charge in [-0.2, -0.15) is 0 Å². The first-order valence-corrected chi connectivity index (χ1v) is 6.61. The molecule has 2 aromatic carbocycles. The molecule has 9 heteroatoms.